The molecule has 2 heterocycles. The number of rotatable bonds is 3. The molecule has 116 valence electrons. The van der Waals surface area contributed by atoms with Gasteiger partial charge in [-0.3, -0.25) is 9.59 Å². The number of aromatic nitrogens is 1. The number of likely N-dealkylation sites (tertiary alicyclic amines) is 1. The van der Waals surface area contributed by atoms with Crippen LogP contribution < -0.4 is 0 Å². The van der Waals surface area contributed by atoms with Gasteiger partial charge in [0.1, 0.15) is 4.88 Å². The first-order valence-corrected chi connectivity index (χ1v) is 8.15. The van der Waals surface area contributed by atoms with Gasteiger partial charge in [0, 0.05) is 39.0 Å². The average Bonchev–Trinajstić information content (AvgIpc) is 2.96. The number of amides is 2. The molecule has 0 aromatic carbocycles. The Morgan fingerprint density at radius 1 is 1.38 bits per heavy atom. The third-order valence-electron chi connectivity index (χ3n) is 4.16. The lowest BCUT2D eigenvalue weighted by atomic mass is 9.81. The highest BCUT2D eigenvalue weighted by Crippen LogP contribution is 2.37. The molecule has 0 spiro atoms. The van der Waals surface area contributed by atoms with Gasteiger partial charge < -0.3 is 9.80 Å². The molecule has 0 unspecified atom stereocenters. The molecule has 1 aromatic heterocycles. The summed E-state index contributed by atoms with van der Waals surface area (Å²) in [5.41, 5.74) is -0.0277. The molecule has 1 aliphatic heterocycles. The molecular weight excluding hydrogens is 286 g/mol. The zero-order valence-electron chi connectivity index (χ0n) is 13.2. The van der Waals surface area contributed by atoms with Gasteiger partial charge in [0.05, 0.1) is 11.2 Å². The summed E-state index contributed by atoms with van der Waals surface area (Å²) in [7, 11) is 3.50. The average molecular weight is 309 g/mol. The van der Waals surface area contributed by atoms with Gasteiger partial charge in [0.2, 0.25) is 5.91 Å². The van der Waals surface area contributed by atoms with Crippen molar-refractivity contribution in [3.05, 3.63) is 16.1 Å². The van der Waals surface area contributed by atoms with Crippen molar-refractivity contribution in [1.82, 2.24) is 14.8 Å². The Hall–Kier alpha value is -1.43. The summed E-state index contributed by atoms with van der Waals surface area (Å²) in [6.45, 7) is 5.64. The Labute approximate surface area is 130 Å². The fourth-order valence-corrected chi connectivity index (χ4v) is 3.70. The second kappa shape index (κ2) is 6.13. The molecular formula is C15H23N3O2S. The molecule has 6 heteroatoms. The van der Waals surface area contributed by atoms with Crippen LogP contribution in [-0.2, 0) is 10.2 Å². The first-order valence-electron chi connectivity index (χ1n) is 7.33. The monoisotopic (exact) mass is 309 g/mol. The van der Waals surface area contributed by atoms with Crippen LogP contribution >= 0.6 is 11.3 Å². The van der Waals surface area contributed by atoms with Crippen molar-refractivity contribution in [2.75, 3.05) is 27.2 Å². The minimum absolute atomic E-state index is 0.000877. The second-order valence-corrected chi connectivity index (χ2v) is 7.05. The standard InChI is InChI=1S/C15H23N3O2S/c1-5-12(19)18-8-6-15(2,7-9-18)14-16-10-11(21-14)13(20)17(3)4/h10H,5-9H2,1-4H3. The largest absolute Gasteiger partial charge is 0.344 e. The molecule has 0 bridgehead atoms. The smallest absolute Gasteiger partial charge is 0.265 e. The first kappa shape index (κ1) is 15.9. The number of carbonyl (C=O) groups is 2. The summed E-state index contributed by atoms with van der Waals surface area (Å²) in [6, 6.07) is 0. The topological polar surface area (TPSA) is 53.5 Å². The predicted molar refractivity (Wildman–Crippen MR) is 83.6 cm³/mol. The van der Waals surface area contributed by atoms with Gasteiger partial charge in [-0.15, -0.1) is 11.3 Å². The molecule has 1 aliphatic rings. The summed E-state index contributed by atoms with van der Waals surface area (Å²) in [6.07, 6.45) is 4.05. The lowest BCUT2D eigenvalue weighted by Gasteiger charge is -2.38. The van der Waals surface area contributed by atoms with E-state index < -0.39 is 0 Å². The highest BCUT2D eigenvalue weighted by Gasteiger charge is 2.35. The maximum atomic E-state index is 12.0. The van der Waals surface area contributed by atoms with Gasteiger partial charge in [-0.2, -0.15) is 0 Å². The van der Waals surface area contributed by atoms with E-state index in [0.717, 1.165) is 30.9 Å². The summed E-state index contributed by atoms with van der Waals surface area (Å²) in [5, 5.41) is 1.01. The summed E-state index contributed by atoms with van der Waals surface area (Å²) >= 11 is 1.48. The first-order chi connectivity index (χ1) is 9.87. The molecule has 0 aliphatic carbocycles. The molecule has 21 heavy (non-hydrogen) atoms. The molecule has 1 fully saturated rings. The number of hydrogen-bond donors (Lipinski definition) is 0. The van der Waals surface area contributed by atoms with E-state index >= 15 is 0 Å². The summed E-state index contributed by atoms with van der Waals surface area (Å²) < 4.78 is 0. The Bertz CT molecular complexity index is 531. The Morgan fingerprint density at radius 2 is 2.00 bits per heavy atom. The predicted octanol–water partition coefficient (Wildman–Crippen LogP) is 2.13. The van der Waals surface area contributed by atoms with E-state index in [1.165, 1.54) is 11.3 Å². The molecule has 1 aromatic rings. The van der Waals surface area contributed by atoms with Gasteiger partial charge in [-0.1, -0.05) is 13.8 Å². The lowest BCUT2D eigenvalue weighted by molar-refractivity contribution is -0.132. The van der Waals surface area contributed by atoms with Crippen LogP contribution in [0.4, 0.5) is 0 Å². The molecule has 0 N–H and O–H groups in total. The van der Waals surface area contributed by atoms with Crippen molar-refractivity contribution in [2.45, 2.75) is 38.5 Å². The Balaban J connectivity index is 2.09. The van der Waals surface area contributed by atoms with Crippen LogP contribution in [0.25, 0.3) is 0 Å². The van der Waals surface area contributed by atoms with Crippen molar-refractivity contribution in [1.29, 1.82) is 0 Å². The van der Waals surface area contributed by atoms with E-state index in [-0.39, 0.29) is 17.2 Å². The number of nitrogens with zero attached hydrogens (tertiary/aromatic N) is 3. The molecule has 1 saturated heterocycles. The van der Waals surface area contributed by atoms with E-state index in [1.807, 2.05) is 11.8 Å². The summed E-state index contributed by atoms with van der Waals surface area (Å²) in [5.74, 6) is 0.223. The van der Waals surface area contributed by atoms with Crippen LogP contribution in [0.2, 0.25) is 0 Å². The zero-order valence-corrected chi connectivity index (χ0v) is 14.0. The molecule has 5 nitrogen and oxygen atoms in total. The number of thiazole rings is 1. The number of hydrogen-bond acceptors (Lipinski definition) is 4. The highest BCUT2D eigenvalue weighted by molar-refractivity contribution is 7.13. The molecule has 0 atom stereocenters. The molecule has 2 amide bonds. The van der Waals surface area contributed by atoms with E-state index in [9.17, 15) is 9.59 Å². The number of carbonyl (C=O) groups excluding carboxylic acids is 2. The molecule has 2 rings (SSSR count). The Morgan fingerprint density at radius 3 is 2.52 bits per heavy atom. The quantitative estimate of drug-likeness (QED) is 0.859. The zero-order chi connectivity index (χ0) is 15.6. The maximum absolute atomic E-state index is 12.0. The van der Waals surface area contributed by atoms with Crippen molar-refractivity contribution >= 4 is 23.2 Å². The normalized spacial score (nSPS) is 17.6. The fraction of sp³-hybridized carbons (Fsp3) is 0.667. The number of piperidine rings is 1. The third kappa shape index (κ3) is 3.26. The van der Waals surface area contributed by atoms with E-state index in [0.29, 0.717) is 11.3 Å². The highest BCUT2D eigenvalue weighted by atomic mass is 32.1. The van der Waals surface area contributed by atoms with Crippen LogP contribution in [-0.4, -0.2) is 53.8 Å². The third-order valence-corrected chi connectivity index (χ3v) is 5.45. The van der Waals surface area contributed by atoms with Crippen molar-refractivity contribution in [2.24, 2.45) is 0 Å². The lowest BCUT2D eigenvalue weighted by Crippen LogP contribution is -2.43. The van der Waals surface area contributed by atoms with Gasteiger partial charge in [-0.25, -0.2) is 4.98 Å². The van der Waals surface area contributed by atoms with Crippen molar-refractivity contribution in [3.63, 3.8) is 0 Å². The van der Waals surface area contributed by atoms with Gasteiger partial charge in [-0.05, 0) is 12.8 Å². The maximum Gasteiger partial charge on any atom is 0.265 e. The van der Waals surface area contributed by atoms with Crippen molar-refractivity contribution < 1.29 is 9.59 Å². The minimum Gasteiger partial charge on any atom is -0.344 e. The van der Waals surface area contributed by atoms with Crippen LogP contribution in [0.15, 0.2) is 6.20 Å². The molecule has 0 saturated carbocycles. The van der Waals surface area contributed by atoms with Gasteiger partial charge >= 0.3 is 0 Å². The van der Waals surface area contributed by atoms with Gasteiger partial charge in [0.25, 0.3) is 5.91 Å². The van der Waals surface area contributed by atoms with Crippen LogP contribution in [0.1, 0.15) is 47.8 Å². The minimum atomic E-state index is -0.0277. The summed E-state index contributed by atoms with van der Waals surface area (Å²) in [4.78, 5) is 32.4. The van der Waals surface area contributed by atoms with E-state index in [1.54, 1.807) is 25.2 Å². The fourth-order valence-electron chi connectivity index (χ4n) is 2.56. The van der Waals surface area contributed by atoms with Crippen LogP contribution in [0.3, 0.4) is 0 Å². The van der Waals surface area contributed by atoms with E-state index in [2.05, 4.69) is 11.9 Å². The SMILES string of the molecule is CCC(=O)N1CCC(C)(c2ncc(C(=O)N(C)C)s2)CC1. The van der Waals surface area contributed by atoms with Crippen molar-refractivity contribution in [3.8, 4) is 0 Å². The molecule has 0 radical (unpaired) electrons. The van der Waals surface area contributed by atoms with Crippen LogP contribution in [0, 0.1) is 0 Å². The van der Waals surface area contributed by atoms with E-state index in [4.69, 9.17) is 0 Å². The Kier molecular flexibility index (Phi) is 4.66. The second-order valence-electron chi connectivity index (χ2n) is 6.02. The van der Waals surface area contributed by atoms with Gasteiger partial charge in [0.15, 0.2) is 0 Å². The van der Waals surface area contributed by atoms with Crippen LogP contribution in [0.5, 0.6) is 0 Å².